The van der Waals surface area contributed by atoms with Gasteiger partial charge < -0.3 is 10.2 Å². The predicted molar refractivity (Wildman–Crippen MR) is 114 cm³/mol. The quantitative estimate of drug-likeness (QED) is 0.463. The summed E-state index contributed by atoms with van der Waals surface area (Å²) in [5, 5.41) is 1.41. The van der Waals surface area contributed by atoms with Crippen LogP contribution in [0.2, 0.25) is 5.02 Å². The normalized spacial score (nSPS) is 19.4. The third-order valence-corrected chi connectivity index (χ3v) is 6.89. The lowest BCUT2D eigenvalue weighted by atomic mass is 10.0. The molecule has 0 aliphatic carbocycles. The molecule has 184 valence electrons. The fraction of sp³-hybridized carbons (Fsp3) is 0.381. The number of carbonyl (C=O) groups is 2. The molecule has 1 aliphatic heterocycles. The van der Waals surface area contributed by atoms with Crippen LogP contribution < -0.4 is 5.32 Å². The molecule has 1 aromatic carbocycles. The van der Waals surface area contributed by atoms with Gasteiger partial charge in [0.05, 0.1) is 15.5 Å². The average molecular weight is 522 g/mol. The van der Waals surface area contributed by atoms with Gasteiger partial charge in [-0.15, -0.1) is 0 Å². The van der Waals surface area contributed by atoms with Crippen molar-refractivity contribution in [2.45, 2.75) is 49.2 Å². The number of halogens is 5. The number of hydrogen-bond acceptors (Lipinski definition) is 5. The maximum atomic E-state index is 14.2. The summed E-state index contributed by atoms with van der Waals surface area (Å²) in [6, 6.07) is -1.76. The van der Waals surface area contributed by atoms with E-state index in [2.05, 4.69) is 4.98 Å². The van der Waals surface area contributed by atoms with Crippen LogP contribution in [-0.4, -0.2) is 54.9 Å². The van der Waals surface area contributed by atoms with Crippen molar-refractivity contribution in [3.05, 3.63) is 58.4 Å². The monoisotopic (exact) mass is 521 g/mol. The molecule has 7 nitrogen and oxygen atoms in total. The van der Waals surface area contributed by atoms with E-state index in [0.29, 0.717) is 18.6 Å². The summed E-state index contributed by atoms with van der Waals surface area (Å²) in [5.41, 5.74) is -0.898. The first-order chi connectivity index (χ1) is 15.8. The van der Waals surface area contributed by atoms with Gasteiger partial charge in [-0.3, -0.25) is 14.6 Å². The maximum absolute atomic E-state index is 14.2. The molecule has 1 saturated heterocycles. The minimum Gasteiger partial charge on any atom is -0.342 e. The van der Waals surface area contributed by atoms with Crippen molar-refractivity contribution in [2.24, 2.45) is 0 Å². The van der Waals surface area contributed by atoms with Gasteiger partial charge >= 0.3 is 0 Å². The van der Waals surface area contributed by atoms with E-state index in [1.807, 2.05) is 5.32 Å². The second kappa shape index (κ2) is 9.87. The van der Waals surface area contributed by atoms with Gasteiger partial charge in [0.15, 0.2) is 9.84 Å². The molecule has 1 N–H and O–H groups in total. The number of amides is 2. The summed E-state index contributed by atoms with van der Waals surface area (Å²) in [6.45, 7) is 1.64. The molecule has 1 unspecified atom stereocenters. The second-order valence-electron chi connectivity index (χ2n) is 7.94. The highest BCUT2D eigenvalue weighted by molar-refractivity contribution is 7.90. The lowest BCUT2D eigenvalue weighted by molar-refractivity contribution is -0.127. The van der Waals surface area contributed by atoms with Crippen LogP contribution in [0, 0.1) is 11.6 Å². The molecule has 0 radical (unpaired) electrons. The van der Waals surface area contributed by atoms with Crippen molar-refractivity contribution >= 4 is 33.3 Å². The Morgan fingerprint density at radius 2 is 1.82 bits per heavy atom. The number of sulfone groups is 1. The molecule has 1 fully saturated rings. The van der Waals surface area contributed by atoms with E-state index in [0.717, 1.165) is 29.6 Å². The number of hydrogen-bond donors (Lipinski definition) is 1. The van der Waals surface area contributed by atoms with Gasteiger partial charge in [-0.1, -0.05) is 11.6 Å². The first kappa shape index (κ1) is 25.9. The van der Waals surface area contributed by atoms with Crippen molar-refractivity contribution in [1.82, 2.24) is 15.2 Å². The van der Waals surface area contributed by atoms with Gasteiger partial charge in [0.1, 0.15) is 23.7 Å². The van der Waals surface area contributed by atoms with E-state index in [9.17, 15) is 35.6 Å². The van der Waals surface area contributed by atoms with Crippen molar-refractivity contribution < 1.29 is 35.6 Å². The zero-order chi connectivity index (χ0) is 25.4. The van der Waals surface area contributed by atoms with Crippen LogP contribution in [0.4, 0.5) is 17.6 Å². The molecule has 0 saturated carbocycles. The second-order valence-corrected chi connectivity index (χ2v) is 10.4. The molecular formula is C21H20ClF4N3O4S. The summed E-state index contributed by atoms with van der Waals surface area (Å²) in [7, 11) is -3.66. The van der Waals surface area contributed by atoms with Crippen molar-refractivity contribution in [1.29, 1.82) is 0 Å². The highest BCUT2D eigenvalue weighted by Crippen LogP contribution is 2.30. The summed E-state index contributed by atoms with van der Waals surface area (Å²) >= 11 is 5.47. The number of alkyl halides is 2. The fourth-order valence-electron chi connectivity index (χ4n) is 3.77. The molecule has 1 aliphatic rings. The summed E-state index contributed by atoms with van der Waals surface area (Å²) in [6.07, 6.45) is 0.313. The van der Waals surface area contributed by atoms with Crippen molar-refractivity contribution in [3.8, 4) is 0 Å². The summed E-state index contributed by atoms with van der Waals surface area (Å²) in [5.74, 6) is -4.08. The fourth-order valence-corrected chi connectivity index (χ4v) is 4.52. The first-order valence-electron chi connectivity index (χ1n) is 10.0. The minimum absolute atomic E-state index is 0.106. The Morgan fingerprint density at radius 3 is 2.44 bits per heavy atom. The van der Waals surface area contributed by atoms with Gasteiger partial charge in [-0.05, 0) is 38.0 Å². The van der Waals surface area contributed by atoms with E-state index < -0.39 is 68.4 Å². The first-order valence-corrected chi connectivity index (χ1v) is 12.3. The third-order valence-electron chi connectivity index (χ3n) is 5.52. The Morgan fingerprint density at radius 1 is 1.15 bits per heavy atom. The van der Waals surface area contributed by atoms with E-state index in [-0.39, 0.29) is 16.9 Å². The molecular weight excluding hydrogens is 502 g/mol. The maximum Gasteiger partial charge on any atom is 0.262 e. The Bertz CT molecular complexity index is 1230. The van der Waals surface area contributed by atoms with Gasteiger partial charge in [0.2, 0.25) is 5.91 Å². The average Bonchev–Trinajstić information content (AvgIpc) is 3.15. The molecule has 2 heterocycles. The third kappa shape index (κ3) is 5.33. The largest absolute Gasteiger partial charge is 0.342 e. The molecule has 0 spiro atoms. The minimum atomic E-state index is -3.66. The molecule has 2 amide bonds. The van der Waals surface area contributed by atoms with Crippen LogP contribution in [-0.2, 0) is 14.6 Å². The number of aromatic nitrogens is 1. The number of nitrogens with one attached hydrogen (secondary N) is 1. The SMILES string of the molecule is C[C@@H]1CC[C@H](C(=O)NC(c2cc(F)c(Cl)cc2F)C(F)F)N1C(=O)c1cncc(S(C)(=O)=O)c1. The summed E-state index contributed by atoms with van der Waals surface area (Å²) < 4.78 is 79.0. The van der Waals surface area contributed by atoms with Crippen LogP contribution in [0.3, 0.4) is 0 Å². The number of pyridine rings is 1. The van der Waals surface area contributed by atoms with Gasteiger partial charge in [-0.25, -0.2) is 26.0 Å². The highest BCUT2D eigenvalue weighted by Gasteiger charge is 2.41. The standard InChI is InChI=1S/C21H20ClF4N3O4S/c1-10-3-4-17(29(10)21(31)11-5-12(9-27-8-11)34(2,32)33)20(30)28-18(19(25)26)13-6-16(24)14(22)7-15(13)23/h5-10,17-19H,3-4H2,1-2H3,(H,28,30)/t10-,17-,18?/m1/s1. The lowest BCUT2D eigenvalue weighted by Crippen LogP contribution is -2.50. The van der Waals surface area contributed by atoms with E-state index >= 15 is 0 Å². The highest BCUT2D eigenvalue weighted by atomic mass is 35.5. The molecule has 3 rings (SSSR count). The van der Waals surface area contributed by atoms with E-state index in [4.69, 9.17) is 11.6 Å². The van der Waals surface area contributed by atoms with Crippen molar-refractivity contribution in [3.63, 3.8) is 0 Å². The number of carbonyl (C=O) groups excluding carboxylic acids is 2. The zero-order valence-electron chi connectivity index (χ0n) is 17.9. The Labute approximate surface area is 198 Å². The smallest absolute Gasteiger partial charge is 0.262 e. The van der Waals surface area contributed by atoms with Crippen LogP contribution >= 0.6 is 11.6 Å². The van der Waals surface area contributed by atoms with Gasteiger partial charge in [0.25, 0.3) is 12.3 Å². The molecule has 34 heavy (non-hydrogen) atoms. The number of nitrogens with zero attached hydrogens (tertiary/aromatic N) is 2. The summed E-state index contributed by atoms with van der Waals surface area (Å²) in [4.78, 5) is 30.7. The molecule has 2 aromatic rings. The molecule has 3 atom stereocenters. The lowest BCUT2D eigenvalue weighted by Gasteiger charge is -2.29. The number of likely N-dealkylation sites (tertiary alicyclic amines) is 1. The molecule has 0 bridgehead atoms. The van der Waals surface area contributed by atoms with Crippen LogP contribution in [0.25, 0.3) is 0 Å². The number of benzene rings is 1. The van der Waals surface area contributed by atoms with Gasteiger partial charge in [0, 0.05) is 30.3 Å². The number of rotatable bonds is 6. The molecule has 13 heteroatoms. The predicted octanol–water partition coefficient (Wildman–Crippen LogP) is 3.53. The van der Waals surface area contributed by atoms with Crippen molar-refractivity contribution in [2.75, 3.05) is 6.26 Å². The van der Waals surface area contributed by atoms with E-state index in [1.165, 1.54) is 0 Å². The van der Waals surface area contributed by atoms with Crippen LogP contribution in [0.15, 0.2) is 35.5 Å². The van der Waals surface area contributed by atoms with Crippen LogP contribution in [0.5, 0.6) is 0 Å². The van der Waals surface area contributed by atoms with Gasteiger partial charge in [-0.2, -0.15) is 0 Å². The van der Waals surface area contributed by atoms with E-state index in [1.54, 1.807) is 6.92 Å². The topological polar surface area (TPSA) is 96.4 Å². The van der Waals surface area contributed by atoms with Crippen LogP contribution in [0.1, 0.15) is 41.7 Å². The molecule has 1 aromatic heterocycles. The Balaban J connectivity index is 1.89. The Kier molecular flexibility index (Phi) is 7.51. The Hall–Kier alpha value is -2.73. The zero-order valence-corrected chi connectivity index (χ0v) is 19.5.